The number of ether oxygens (including phenoxy) is 1. The average molecular weight is 594 g/mol. The summed E-state index contributed by atoms with van der Waals surface area (Å²) in [6, 6.07) is 15.4. The molecular formula is C28H28Cl3FN4O3. The number of anilines is 2. The zero-order valence-electron chi connectivity index (χ0n) is 21.4. The maximum absolute atomic E-state index is 13.3. The molecule has 11 heteroatoms. The average Bonchev–Trinajstić information content (AvgIpc) is 2.88. The van der Waals surface area contributed by atoms with Crippen molar-refractivity contribution in [3.8, 4) is 5.75 Å². The molecule has 1 fully saturated rings. The number of rotatable bonds is 7. The molecule has 0 aliphatic carbocycles. The van der Waals surface area contributed by atoms with Crippen LogP contribution in [0, 0.1) is 5.82 Å². The Hall–Kier alpha value is -3.04. The molecule has 1 saturated heterocycles. The van der Waals surface area contributed by atoms with Gasteiger partial charge >= 0.3 is 6.03 Å². The normalized spacial score (nSPS) is 17.5. The zero-order valence-corrected chi connectivity index (χ0v) is 23.7. The fourth-order valence-corrected chi connectivity index (χ4v) is 5.03. The Morgan fingerprint density at radius 2 is 1.56 bits per heavy atom. The first-order valence-electron chi connectivity index (χ1n) is 12.3. The molecular weight excluding hydrogens is 566 g/mol. The Bertz CT molecular complexity index is 1340. The van der Waals surface area contributed by atoms with Crippen LogP contribution in [0.1, 0.15) is 19.4 Å². The van der Waals surface area contributed by atoms with E-state index < -0.39 is 6.03 Å². The van der Waals surface area contributed by atoms with Gasteiger partial charge in [-0.1, -0.05) is 46.9 Å². The standard InChI is InChI=1S/C28H28Cl3FN4O3/c1-17-14-36(18(2)13-35(17)15-19-3-7-22(32)8-4-19)27(37)16-39-26-10-6-21(30)12-25(26)34-28(38)33-24-9-5-20(29)11-23(24)31/h3-12,17-18H,13-16H2,1-2H3,(H2,33,34,38). The van der Waals surface area contributed by atoms with Gasteiger partial charge in [0, 0.05) is 41.8 Å². The van der Waals surface area contributed by atoms with Crippen LogP contribution in [-0.4, -0.2) is 53.5 Å². The number of carbonyl (C=O) groups is 2. The Labute approximate surface area is 241 Å². The van der Waals surface area contributed by atoms with Crippen molar-refractivity contribution in [1.29, 1.82) is 0 Å². The van der Waals surface area contributed by atoms with Gasteiger partial charge in [-0.3, -0.25) is 9.69 Å². The molecule has 1 aliphatic heterocycles. The molecule has 39 heavy (non-hydrogen) atoms. The molecule has 0 spiro atoms. The summed E-state index contributed by atoms with van der Waals surface area (Å²) in [6.07, 6.45) is 0. The van der Waals surface area contributed by atoms with Crippen LogP contribution in [-0.2, 0) is 11.3 Å². The van der Waals surface area contributed by atoms with Crippen LogP contribution >= 0.6 is 34.8 Å². The molecule has 3 aromatic rings. The number of nitrogens with zero attached hydrogens (tertiary/aromatic N) is 2. The van der Waals surface area contributed by atoms with Crippen LogP contribution in [0.2, 0.25) is 15.1 Å². The lowest BCUT2D eigenvalue weighted by atomic mass is 10.1. The molecule has 1 heterocycles. The molecule has 3 aromatic carbocycles. The van der Waals surface area contributed by atoms with Gasteiger partial charge in [0.1, 0.15) is 11.6 Å². The minimum absolute atomic E-state index is 0.0459. The first kappa shape index (κ1) is 29.0. The van der Waals surface area contributed by atoms with Crippen molar-refractivity contribution < 1.29 is 18.7 Å². The first-order valence-corrected chi connectivity index (χ1v) is 13.5. The van der Waals surface area contributed by atoms with E-state index in [1.807, 2.05) is 6.92 Å². The van der Waals surface area contributed by atoms with Crippen LogP contribution in [0.4, 0.5) is 20.6 Å². The van der Waals surface area contributed by atoms with E-state index in [0.29, 0.717) is 46.8 Å². The summed E-state index contributed by atoms with van der Waals surface area (Å²) in [5, 5.41) is 6.44. The molecule has 0 radical (unpaired) electrons. The number of benzene rings is 3. The first-order chi connectivity index (χ1) is 18.6. The summed E-state index contributed by atoms with van der Waals surface area (Å²) in [6.45, 7) is 5.71. The molecule has 3 amide bonds. The van der Waals surface area contributed by atoms with Crippen molar-refractivity contribution in [3.63, 3.8) is 0 Å². The van der Waals surface area contributed by atoms with Crippen LogP contribution in [0.5, 0.6) is 5.75 Å². The molecule has 2 unspecified atom stereocenters. The maximum atomic E-state index is 13.3. The summed E-state index contributed by atoms with van der Waals surface area (Å²) in [5.74, 6) is -0.143. The van der Waals surface area contributed by atoms with Gasteiger partial charge in [-0.25, -0.2) is 9.18 Å². The summed E-state index contributed by atoms with van der Waals surface area (Å²) in [4.78, 5) is 29.8. The fraction of sp³-hybridized carbons (Fsp3) is 0.286. The lowest BCUT2D eigenvalue weighted by Gasteiger charge is -2.44. The number of hydrogen-bond acceptors (Lipinski definition) is 4. The van der Waals surface area contributed by atoms with Gasteiger partial charge in [0.15, 0.2) is 6.61 Å². The molecule has 4 rings (SSSR count). The minimum atomic E-state index is -0.572. The molecule has 2 N–H and O–H groups in total. The Morgan fingerprint density at radius 3 is 2.28 bits per heavy atom. The SMILES string of the molecule is CC1CN(C(=O)COc2ccc(Cl)cc2NC(=O)Nc2ccc(Cl)cc2Cl)C(C)CN1Cc1ccc(F)cc1. The topological polar surface area (TPSA) is 73.9 Å². The van der Waals surface area contributed by atoms with Gasteiger partial charge in [0.25, 0.3) is 5.91 Å². The van der Waals surface area contributed by atoms with Gasteiger partial charge in [-0.2, -0.15) is 0 Å². The highest BCUT2D eigenvalue weighted by molar-refractivity contribution is 6.36. The van der Waals surface area contributed by atoms with Crippen LogP contribution < -0.4 is 15.4 Å². The van der Waals surface area contributed by atoms with E-state index in [1.165, 1.54) is 24.3 Å². The minimum Gasteiger partial charge on any atom is -0.482 e. The van der Waals surface area contributed by atoms with Crippen molar-refractivity contribution in [2.45, 2.75) is 32.5 Å². The Kier molecular flexibility index (Phi) is 9.56. The Balaban J connectivity index is 1.35. The van der Waals surface area contributed by atoms with Gasteiger partial charge in [-0.15, -0.1) is 0 Å². The fourth-order valence-electron chi connectivity index (χ4n) is 4.41. The quantitative estimate of drug-likeness (QED) is 0.312. The molecule has 0 bridgehead atoms. The van der Waals surface area contributed by atoms with E-state index in [2.05, 4.69) is 22.5 Å². The number of nitrogens with one attached hydrogen (secondary N) is 2. The predicted octanol–water partition coefficient (Wildman–Crippen LogP) is 6.93. The van der Waals surface area contributed by atoms with Crippen molar-refractivity contribution in [1.82, 2.24) is 9.80 Å². The monoisotopic (exact) mass is 592 g/mol. The molecule has 2 atom stereocenters. The predicted molar refractivity (Wildman–Crippen MR) is 153 cm³/mol. The number of urea groups is 1. The summed E-state index contributed by atoms with van der Waals surface area (Å²) in [5.41, 5.74) is 1.69. The summed E-state index contributed by atoms with van der Waals surface area (Å²) in [7, 11) is 0. The molecule has 7 nitrogen and oxygen atoms in total. The third kappa shape index (κ3) is 7.76. The van der Waals surface area contributed by atoms with E-state index in [4.69, 9.17) is 39.5 Å². The number of halogens is 4. The van der Waals surface area contributed by atoms with Gasteiger partial charge in [0.05, 0.1) is 16.4 Å². The van der Waals surface area contributed by atoms with E-state index in [1.54, 1.807) is 41.3 Å². The smallest absolute Gasteiger partial charge is 0.323 e. The highest BCUT2D eigenvalue weighted by Gasteiger charge is 2.32. The van der Waals surface area contributed by atoms with E-state index in [9.17, 15) is 14.0 Å². The maximum Gasteiger partial charge on any atom is 0.323 e. The molecule has 1 aliphatic rings. The lowest BCUT2D eigenvalue weighted by Crippen LogP contribution is -2.58. The summed E-state index contributed by atoms with van der Waals surface area (Å²) >= 11 is 18.2. The van der Waals surface area contributed by atoms with E-state index in [-0.39, 0.29) is 35.4 Å². The highest BCUT2D eigenvalue weighted by atomic mass is 35.5. The van der Waals surface area contributed by atoms with Crippen molar-refractivity contribution >= 4 is 58.1 Å². The number of amides is 3. The second-order valence-corrected chi connectivity index (χ2v) is 10.7. The van der Waals surface area contributed by atoms with Gasteiger partial charge in [0.2, 0.25) is 0 Å². The highest BCUT2D eigenvalue weighted by Crippen LogP contribution is 2.30. The second kappa shape index (κ2) is 12.9. The van der Waals surface area contributed by atoms with Gasteiger partial charge in [-0.05, 0) is 67.9 Å². The van der Waals surface area contributed by atoms with Crippen LogP contribution in [0.25, 0.3) is 0 Å². The number of carbonyl (C=O) groups excluding carboxylic acids is 2. The summed E-state index contributed by atoms with van der Waals surface area (Å²) < 4.78 is 19.1. The van der Waals surface area contributed by atoms with Crippen molar-refractivity contribution in [2.75, 3.05) is 30.3 Å². The van der Waals surface area contributed by atoms with Crippen molar-refractivity contribution in [2.24, 2.45) is 0 Å². The zero-order chi connectivity index (χ0) is 28.1. The lowest BCUT2D eigenvalue weighted by molar-refractivity contribution is -0.139. The second-order valence-electron chi connectivity index (χ2n) is 9.43. The third-order valence-electron chi connectivity index (χ3n) is 6.45. The van der Waals surface area contributed by atoms with Gasteiger partial charge < -0.3 is 20.3 Å². The molecule has 0 aromatic heterocycles. The number of hydrogen-bond donors (Lipinski definition) is 2. The third-order valence-corrected chi connectivity index (χ3v) is 7.24. The number of piperazine rings is 1. The van der Waals surface area contributed by atoms with Crippen LogP contribution in [0.15, 0.2) is 60.7 Å². The van der Waals surface area contributed by atoms with Crippen LogP contribution in [0.3, 0.4) is 0 Å². The molecule has 206 valence electrons. The van der Waals surface area contributed by atoms with E-state index in [0.717, 1.165) is 5.56 Å². The largest absolute Gasteiger partial charge is 0.482 e. The van der Waals surface area contributed by atoms with Crippen molar-refractivity contribution in [3.05, 3.63) is 87.1 Å². The van der Waals surface area contributed by atoms with E-state index >= 15 is 0 Å². The molecule has 0 saturated carbocycles. The Morgan fingerprint density at radius 1 is 0.897 bits per heavy atom.